The summed E-state index contributed by atoms with van der Waals surface area (Å²) < 4.78 is 27.8. The minimum absolute atomic E-state index is 0.0198. The van der Waals surface area contributed by atoms with Crippen LogP contribution in [0.5, 0.6) is 0 Å². The molecule has 1 N–H and O–H groups in total. The maximum absolute atomic E-state index is 11.7. The number of halogens is 2. The van der Waals surface area contributed by atoms with Crippen molar-refractivity contribution in [2.24, 2.45) is 0 Å². The second-order valence-electron chi connectivity index (χ2n) is 3.33. The van der Waals surface area contributed by atoms with E-state index in [1.807, 2.05) is 0 Å². The minimum Gasteiger partial charge on any atom is -0.375 e. The number of hydrogen-bond donors (Lipinski definition) is 1. The summed E-state index contributed by atoms with van der Waals surface area (Å²) in [6.07, 6.45) is -2.19. The molecule has 0 radical (unpaired) electrons. The summed E-state index contributed by atoms with van der Waals surface area (Å²) in [5.74, 6) is -0.439. The van der Waals surface area contributed by atoms with Crippen molar-refractivity contribution in [3.05, 3.63) is 0 Å². The maximum Gasteiger partial charge on any atom is 0.261 e. The average molecular weight is 237 g/mol. The second kappa shape index (κ2) is 8.15. The van der Waals surface area contributed by atoms with Crippen molar-refractivity contribution in [3.63, 3.8) is 0 Å². The maximum atomic E-state index is 11.7. The second-order valence-corrected chi connectivity index (χ2v) is 3.33. The van der Waals surface area contributed by atoms with E-state index in [0.29, 0.717) is 6.42 Å². The molecule has 0 aliphatic heterocycles. The monoisotopic (exact) mass is 237 g/mol. The number of ketones is 1. The normalized spacial score (nSPS) is 12.6. The Kier molecular flexibility index (Phi) is 7.62. The van der Waals surface area contributed by atoms with Crippen molar-refractivity contribution < 1.29 is 23.1 Å². The number of amides is 1. The Labute approximate surface area is 93.3 Å². The van der Waals surface area contributed by atoms with Gasteiger partial charge in [-0.1, -0.05) is 6.92 Å². The molecule has 1 amide bonds. The van der Waals surface area contributed by atoms with Gasteiger partial charge < -0.3 is 10.1 Å². The van der Waals surface area contributed by atoms with Crippen molar-refractivity contribution in [2.75, 3.05) is 13.2 Å². The van der Waals surface area contributed by atoms with Gasteiger partial charge in [0, 0.05) is 12.8 Å². The first-order valence-electron chi connectivity index (χ1n) is 5.15. The Morgan fingerprint density at radius 2 is 2.00 bits per heavy atom. The van der Waals surface area contributed by atoms with Crippen LogP contribution < -0.4 is 5.32 Å². The molecule has 1 unspecified atom stereocenters. The lowest BCUT2D eigenvalue weighted by Gasteiger charge is -2.11. The molecule has 16 heavy (non-hydrogen) atoms. The lowest BCUT2D eigenvalue weighted by atomic mass is 10.1. The fourth-order valence-electron chi connectivity index (χ4n) is 1.04. The van der Waals surface area contributed by atoms with Crippen molar-refractivity contribution in [1.29, 1.82) is 0 Å². The van der Waals surface area contributed by atoms with Crippen molar-refractivity contribution in [3.8, 4) is 0 Å². The van der Waals surface area contributed by atoms with Crippen LogP contribution in [0.3, 0.4) is 0 Å². The van der Waals surface area contributed by atoms with Crippen molar-refractivity contribution >= 4 is 11.7 Å². The highest BCUT2D eigenvalue weighted by Gasteiger charge is 2.13. The number of nitrogens with one attached hydrogen (secondary N) is 1. The molecule has 0 spiro atoms. The highest BCUT2D eigenvalue weighted by molar-refractivity contribution is 5.88. The standard InChI is InChI=1S/C10H17F2NO3/c1-3-8(14)7(2)13-10(15)4-5-16-6-9(11)12/h7,9H,3-6H2,1-2H3,(H,13,15). The third kappa shape index (κ3) is 7.28. The van der Waals surface area contributed by atoms with E-state index < -0.39 is 19.1 Å². The zero-order valence-electron chi connectivity index (χ0n) is 9.46. The summed E-state index contributed by atoms with van der Waals surface area (Å²) in [6, 6.07) is -0.535. The van der Waals surface area contributed by atoms with Gasteiger partial charge in [-0.2, -0.15) is 0 Å². The van der Waals surface area contributed by atoms with Crippen LogP contribution in [0, 0.1) is 0 Å². The summed E-state index contributed by atoms with van der Waals surface area (Å²) in [7, 11) is 0. The number of ether oxygens (including phenoxy) is 1. The SMILES string of the molecule is CCC(=O)C(C)NC(=O)CCOCC(F)F. The number of rotatable bonds is 8. The topological polar surface area (TPSA) is 55.4 Å². The lowest BCUT2D eigenvalue weighted by molar-refractivity contribution is -0.128. The third-order valence-electron chi connectivity index (χ3n) is 1.93. The molecule has 0 saturated heterocycles. The van der Waals surface area contributed by atoms with Gasteiger partial charge in [-0.05, 0) is 6.92 Å². The fraction of sp³-hybridized carbons (Fsp3) is 0.800. The van der Waals surface area contributed by atoms with Gasteiger partial charge in [0.05, 0.1) is 12.6 Å². The predicted molar refractivity (Wildman–Crippen MR) is 54.3 cm³/mol. The van der Waals surface area contributed by atoms with Crippen molar-refractivity contribution in [1.82, 2.24) is 5.32 Å². The Hall–Kier alpha value is -1.04. The van der Waals surface area contributed by atoms with Crippen LogP contribution in [0.2, 0.25) is 0 Å². The fourth-order valence-corrected chi connectivity index (χ4v) is 1.04. The molecule has 0 aromatic heterocycles. The van der Waals surface area contributed by atoms with E-state index in [9.17, 15) is 18.4 Å². The van der Waals surface area contributed by atoms with Crippen LogP contribution in [0.4, 0.5) is 8.78 Å². The van der Waals surface area contributed by atoms with E-state index in [2.05, 4.69) is 10.1 Å². The molecule has 0 bridgehead atoms. The summed E-state index contributed by atoms with van der Waals surface area (Å²) in [5, 5.41) is 2.46. The molecular weight excluding hydrogens is 220 g/mol. The van der Waals surface area contributed by atoms with E-state index in [-0.39, 0.29) is 24.7 Å². The molecular formula is C10H17F2NO3. The average Bonchev–Trinajstić information content (AvgIpc) is 2.22. The molecule has 0 aliphatic carbocycles. The number of carbonyl (C=O) groups excluding carboxylic acids is 2. The van der Waals surface area contributed by atoms with Gasteiger partial charge in [-0.15, -0.1) is 0 Å². The predicted octanol–water partition coefficient (Wildman–Crippen LogP) is 1.14. The zero-order chi connectivity index (χ0) is 12.6. The van der Waals surface area contributed by atoms with Gasteiger partial charge in [-0.3, -0.25) is 9.59 Å². The van der Waals surface area contributed by atoms with Gasteiger partial charge in [0.1, 0.15) is 6.61 Å². The molecule has 6 heteroatoms. The zero-order valence-corrected chi connectivity index (χ0v) is 9.46. The van der Waals surface area contributed by atoms with Crippen LogP contribution in [0.15, 0.2) is 0 Å². The number of carbonyl (C=O) groups is 2. The van der Waals surface area contributed by atoms with E-state index in [1.165, 1.54) is 0 Å². The molecule has 1 atom stereocenters. The van der Waals surface area contributed by atoms with E-state index in [0.717, 1.165) is 0 Å². The molecule has 94 valence electrons. The number of hydrogen-bond acceptors (Lipinski definition) is 3. The smallest absolute Gasteiger partial charge is 0.261 e. The summed E-state index contributed by atoms with van der Waals surface area (Å²) in [5.41, 5.74) is 0. The van der Waals surface area contributed by atoms with E-state index >= 15 is 0 Å². The molecule has 0 aliphatic rings. The van der Waals surface area contributed by atoms with Gasteiger partial charge in [0.2, 0.25) is 5.91 Å². The Bertz CT molecular complexity index is 234. The van der Waals surface area contributed by atoms with Gasteiger partial charge in [0.25, 0.3) is 6.43 Å². The van der Waals surface area contributed by atoms with Crippen LogP contribution in [0.25, 0.3) is 0 Å². The Morgan fingerprint density at radius 1 is 1.38 bits per heavy atom. The largest absolute Gasteiger partial charge is 0.375 e. The molecule has 0 rings (SSSR count). The Morgan fingerprint density at radius 3 is 2.50 bits per heavy atom. The minimum atomic E-state index is -2.52. The van der Waals surface area contributed by atoms with Crippen LogP contribution >= 0.6 is 0 Å². The molecule has 4 nitrogen and oxygen atoms in total. The number of alkyl halides is 2. The summed E-state index contributed by atoms with van der Waals surface area (Å²) in [6.45, 7) is 2.56. The molecule has 0 saturated carbocycles. The highest BCUT2D eigenvalue weighted by atomic mass is 19.3. The first kappa shape index (κ1) is 15.0. The lowest BCUT2D eigenvalue weighted by Crippen LogP contribution is -2.38. The third-order valence-corrected chi connectivity index (χ3v) is 1.93. The van der Waals surface area contributed by atoms with E-state index in [4.69, 9.17) is 0 Å². The molecule has 0 heterocycles. The van der Waals surface area contributed by atoms with Crippen LogP contribution in [-0.4, -0.2) is 37.4 Å². The van der Waals surface area contributed by atoms with Gasteiger partial charge in [0.15, 0.2) is 5.78 Å². The summed E-state index contributed by atoms with van der Waals surface area (Å²) >= 11 is 0. The quantitative estimate of drug-likeness (QED) is 0.644. The first-order valence-corrected chi connectivity index (χ1v) is 5.15. The van der Waals surface area contributed by atoms with Crippen LogP contribution in [0.1, 0.15) is 26.7 Å². The van der Waals surface area contributed by atoms with Gasteiger partial charge in [-0.25, -0.2) is 8.78 Å². The molecule has 0 fully saturated rings. The van der Waals surface area contributed by atoms with E-state index in [1.54, 1.807) is 13.8 Å². The molecule has 0 aromatic rings. The summed E-state index contributed by atoms with van der Waals surface area (Å²) in [4.78, 5) is 22.3. The van der Waals surface area contributed by atoms with Crippen LogP contribution in [-0.2, 0) is 14.3 Å². The first-order chi connectivity index (χ1) is 7.47. The van der Waals surface area contributed by atoms with Gasteiger partial charge >= 0.3 is 0 Å². The van der Waals surface area contributed by atoms with Crippen molar-refractivity contribution in [2.45, 2.75) is 39.2 Å². The highest BCUT2D eigenvalue weighted by Crippen LogP contribution is 1.95. The molecule has 0 aromatic carbocycles. The Balaban J connectivity index is 3.62. The number of Topliss-reactive ketones (excluding diaryl/α,β-unsaturated/α-hetero) is 1.